The Morgan fingerprint density at radius 3 is 2.09 bits per heavy atom. The summed E-state index contributed by atoms with van der Waals surface area (Å²) in [6.45, 7) is 0. The van der Waals surface area contributed by atoms with E-state index in [0.717, 1.165) is 0 Å². The Morgan fingerprint density at radius 2 is 1.73 bits per heavy atom. The number of allylic oxidation sites excluding steroid dienone is 2. The molecule has 11 heavy (non-hydrogen) atoms. The first-order chi connectivity index (χ1) is 4.92. The van der Waals surface area contributed by atoms with Gasteiger partial charge in [-0.05, 0) is 6.42 Å². The summed E-state index contributed by atoms with van der Waals surface area (Å²) in [6.07, 6.45) is -7.01. The smallest absolute Gasteiger partial charge is 0.211 e. The van der Waals surface area contributed by atoms with Crippen LogP contribution >= 0.6 is 0 Å². The van der Waals surface area contributed by atoms with Gasteiger partial charge in [0, 0.05) is 12.5 Å². The number of hydrogen-bond acceptors (Lipinski definition) is 0. The third-order valence-corrected chi connectivity index (χ3v) is 0.858. The van der Waals surface area contributed by atoms with Crippen LogP contribution in [0.3, 0.4) is 0 Å². The van der Waals surface area contributed by atoms with Gasteiger partial charge < -0.3 is 0 Å². The van der Waals surface area contributed by atoms with Gasteiger partial charge >= 0.3 is 6.18 Å². The van der Waals surface area contributed by atoms with Crippen LogP contribution < -0.4 is 0 Å². The fourth-order valence-electron chi connectivity index (χ4n) is 0.439. The molecule has 0 spiro atoms. The minimum absolute atomic E-state index is 0.0324. The summed E-state index contributed by atoms with van der Waals surface area (Å²) in [5, 5.41) is 0. The van der Waals surface area contributed by atoms with Gasteiger partial charge in [-0.25, -0.2) is 8.78 Å². The number of rotatable bonds is 3. The maximum absolute atomic E-state index is 11.3. The average molecular weight is 174 g/mol. The first kappa shape index (κ1) is 10.4. The molecule has 0 amide bonds. The third kappa shape index (κ3) is 9.39. The van der Waals surface area contributed by atoms with E-state index in [1.54, 1.807) is 0 Å². The molecule has 0 N–H and O–H groups in total. The highest BCUT2D eigenvalue weighted by Gasteiger charge is 2.21. The minimum Gasteiger partial charge on any atom is -0.211 e. The molecule has 0 bridgehead atoms. The Labute approximate surface area is 60.7 Å². The van der Waals surface area contributed by atoms with Gasteiger partial charge in [0.15, 0.2) is 0 Å². The van der Waals surface area contributed by atoms with Gasteiger partial charge in [-0.1, -0.05) is 6.08 Å². The standard InChI is InChI=1S/C6H7F5/c7-5(8)3-1-2-4-6(9,10)11/h2,4-5H,1,3H2. The Kier molecular flexibility index (Phi) is 4.07. The Balaban J connectivity index is 3.46. The van der Waals surface area contributed by atoms with Crippen LogP contribution in [0.1, 0.15) is 12.8 Å². The van der Waals surface area contributed by atoms with E-state index in [2.05, 4.69) is 0 Å². The van der Waals surface area contributed by atoms with Crippen molar-refractivity contribution >= 4 is 0 Å². The maximum Gasteiger partial charge on any atom is 0.409 e. The van der Waals surface area contributed by atoms with Crippen LogP contribution in [0.4, 0.5) is 22.0 Å². The summed E-state index contributed by atoms with van der Waals surface area (Å²) in [6, 6.07) is 0. The minimum atomic E-state index is -4.39. The molecule has 0 nitrogen and oxygen atoms in total. The predicted molar refractivity (Wildman–Crippen MR) is 30.4 cm³/mol. The lowest BCUT2D eigenvalue weighted by Crippen LogP contribution is -2.00. The first-order valence-electron chi connectivity index (χ1n) is 2.94. The normalized spacial score (nSPS) is 13.3. The molecule has 5 heteroatoms. The van der Waals surface area contributed by atoms with Crippen LogP contribution in [0.5, 0.6) is 0 Å². The molecule has 0 aromatic heterocycles. The molecule has 0 rings (SSSR count). The highest BCUT2D eigenvalue weighted by molar-refractivity contribution is 4.88. The lowest BCUT2D eigenvalue weighted by molar-refractivity contribution is -0.0801. The molecule has 0 aromatic rings. The highest BCUT2D eigenvalue weighted by atomic mass is 19.4. The van der Waals surface area contributed by atoms with E-state index < -0.39 is 19.0 Å². The van der Waals surface area contributed by atoms with E-state index in [9.17, 15) is 22.0 Å². The highest BCUT2D eigenvalue weighted by Crippen LogP contribution is 2.16. The molecular formula is C6H7F5. The van der Waals surface area contributed by atoms with Crippen LogP contribution in [-0.2, 0) is 0 Å². The van der Waals surface area contributed by atoms with Gasteiger partial charge in [0.25, 0.3) is 0 Å². The molecule has 0 aliphatic rings. The van der Waals surface area contributed by atoms with E-state index in [1.807, 2.05) is 0 Å². The number of alkyl halides is 5. The summed E-state index contributed by atoms with van der Waals surface area (Å²) >= 11 is 0. The monoisotopic (exact) mass is 174 g/mol. The lowest BCUT2D eigenvalue weighted by atomic mass is 10.3. The van der Waals surface area contributed by atoms with E-state index in [-0.39, 0.29) is 12.5 Å². The van der Waals surface area contributed by atoms with Gasteiger partial charge in [0.05, 0.1) is 0 Å². The molecular weight excluding hydrogens is 167 g/mol. The zero-order chi connectivity index (χ0) is 8.91. The largest absolute Gasteiger partial charge is 0.409 e. The van der Waals surface area contributed by atoms with Crippen molar-refractivity contribution in [1.29, 1.82) is 0 Å². The van der Waals surface area contributed by atoms with Crippen molar-refractivity contribution in [2.75, 3.05) is 0 Å². The second-order valence-corrected chi connectivity index (χ2v) is 1.91. The van der Waals surface area contributed by atoms with Crippen LogP contribution in [0.2, 0.25) is 0 Å². The molecule has 0 saturated heterocycles. The van der Waals surface area contributed by atoms with Crippen molar-refractivity contribution in [3.8, 4) is 0 Å². The van der Waals surface area contributed by atoms with Crippen LogP contribution in [0, 0.1) is 0 Å². The third-order valence-electron chi connectivity index (χ3n) is 0.858. The summed E-state index contributed by atoms with van der Waals surface area (Å²) in [4.78, 5) is 0. The molecule has 0 fully saturated rings. The van der Waals surface area contributed by atoms with Gasteiger partial charge in [0.1, 0.15) is 0 Å². The number of halogens is 5. The quantitative estimate of drug-likeness (QED) is 0.455. The summed E-state index contributed by atoms with van der Waals surface area (Å²) < 4.78 is 56.6. The molecule has 66 valence electrons. The predicted octanol–water partition coefficient (Wildman–Crippen LogP) is 3.15. The topological polar surface area (TPSA) is 0 Å². The summed E-state index contributed by atoms with van der Waals surface area (Å²) in [7, 11) is 0. The number of hydrogen-bond donors (Lipinski definition) is 0. The van der Waals surface area contributed by atoms with Gasteiger partial charge in [-0.2, -0.15) is 13.2 Å². The molecule has 0 atom stereocenters. The van der Waals surface area contributed by atoms with Crippen molar-refractivity contribution in [1.82, 2.24) is 0 Å². The SMILES string of the molecule is FC(F)CCC=CC(F)(F)F. The van der Waals surface area contributed by atoms with Gasteiger partial charge in [-0.15, -0.1) is 0 Å². The Hall–Kier alpha value is -0.610. The van der Waals surface area contributed by atoms with Crippen LogP contribution in [-0.4, -0.2) is 12.6 Å². The van der Waals surface area contributed by atoms with E-state index >= 15 is 0 Å². The Bertz CT molecular complexity index is 123. The van der Waals surface area contributed by atoms with E-state index in [4.69, 9.17) is 0 Å². The van der Waals surface area contributed by atoms with E-state index in [1.165, 1.54) is 0 Å². The van der Waals surface area contributed by atoms with Crippen LogP contribution in [0.25, 0.3) is 0 Å². The Morgan fingerprint density at radius 1 is 1.18 bits per heavy atom. The van der Waals surface area contributed by atoms with Gasteiger partial charge in [-0.3, -0.25) is 0 Å². The molecule has 0 heterocycles. The fourth-order valence-corrected chi connectivity index (χ4v) is 0.439. The first-order valence-corrected chi connectivity index (χ1v) is 2.94. The molecule has 0 aromatic carbocycles. The second-order valence-electron chi connectivity index (χ2n) is 1.91. The van der Waals surface area contributed by atoms with Crippen molar-refractivity contribution in [3.05, 3.63) is 12.2 Å². The zero-order valence-electron chi connectivity index (χ0n) is 5.54. The van der Waals surface area contributed by atoms with Crippen LogP contribution in [0.15, 0.2) is 12.2 Å². The molecule has 0 unspecified atom stereocenters. The molecule has 0 saturated carbocycles. The molecule has 0 aliphatic heterocycles. The maximum atomic E-state index is 11.3. The summed E-state index contributed by atoms with van der Waals surface area (Å²) in [5.74, 6) is 0. The zero-order valence-corrected chi connectivity index (χ0v) is 5.54. The van der Waals surface area contributed by atoms with Crippen molar-refractivity contribution < 1.29 is 22.0 Å². The average Bonchev–Trinajstić information content (AvgIpc) is 1.78. The summed E-state index contributed by atoms with van der Waals surface area (Å²) in [5.41, 5.74) is 0. The van der Waals surface area contributed by atoms with Crippen molar-refractivity contribution in [2.45, 2.75) is 25.4 Å². The van der Waals surface area contributed by atoms with Crippen molar-refractivity contribution in [2.24, 2.45) is 0 Å². The lowest BCUT2D eigenvalue weighted by Gasteiger charge is -1.97. The second kappa shape index (κ2) is 4.31. The van der Waals surface area contributed by atoms with Crippen molar-refractivity contribution in [3.63, 3.8) is 0 Å². The van der Waals surface area contributed by atoms with Gasteiger partial charge in [0.2, 0.25) is 6.43 Å². The van der Waals surface area contributed by atoms with E-state index in [0.29, 0.717) is 6.08 Å². The molecule has 0 radical (unpaired) electrons. The molecule has 0 aliphatic carbocycles. The fraction of sp³-hybridized carbons (Fsp3) is 0.667.